The van der Waals surface area contributed by atoms with Crippen molar-refractivity contribution in [3.63, 3.8) is 0 Å². The molecule has 0 aromatic carbocycles. The Bertz CT molecular complexity index is 985. The molecule has 0 spiro atoms. The van der Waals surface area contributed by atoms with E-state index in [0.29, 0.717) is 38.6 Å². The molecular formula is C30H56N4O13. The summed E-state index contributed by atoms with van der Waals surface area (Å²) >= 11 is 0. The van der Waals surface area contributed by atoms with Gasteiger partial charge < -0.3 is 50.7 Å². The number of aliphatic carboxylic acids is 3. The first-order valence-corrected chi connectivity index (χ1v) is 15.6. The van der Waals surface area contributed by atoms with Crippen molar-refractivity contribution in [2.24, 2.45) is 5.92 Å². The van der Waals surface area contributed by atoms with E-state index in [-0.39, 0.29) is 52.1 Å². The van der Waals surface area contributed by atoms with Crippen molar-refractivity contribution in [1.82, 2.24) is 20.4 Å². The van der Waals surface area contributed by atoms with Crippen LogP contribution in [0, 0.1) is 5.92 Å². The molecule has 2 heterocycles. The van der Waals surface area contributed by atoms with Crippen LogP contribution in [-0.4, -0.2) is 165 Å². The molecule has 2 saturated heterocycles. The Morgan fingerprint density at radius 2 is 1.23 bits per heavy atom. The van der Waals surface area contributed by atoms with Gasteiger partial charge >= 0.3 is 29.8 Å². The van der Waals surface area contributed by atoms with E-state index in [1.807, 2.05) is 4.90 Å². The van der Waals surface area contributed by atoms with Gasteiger partial charge in [-0.2, -0.15) is 0 Å². The molecule has 7 atom stereocenters. The Kier molecular flexibility index (Phi) is 21.2. The van der Waals surface area contributed by atoms with E-state index in [9.17, 15) is 34.2 Å². The number of nitrogens with zero attached hydrogens (tertiary/aromatic N) is 2. The number of carbonyl (C=O) groups excluding carboxylic acids is 2. The minimum absolute atomic E-state index is 0. The van der Waals surface area contributed by atoms with Gasteiger partial charge in [-0.3, -0.25) is 29.0 Å². The molecule has 8 N–H and O–H groups in total. The average molecular weight is 681 g/mol. The SMILES string of the molecule is C.CCOC(=O)[C@@H](NCCC(C)C)C(O)CN1CC[C@H]1C(=O)OCC.O=C(O)[C@@H](NCC[C@H](O)C(=O)O)C(O)CN1CC[C@H]1C(=O)O. The molecule has 0 aromatic heterocycles. The summed E-state index contributed by atoms with van der Waals surface area (Å²) in [6.45, 7) is 10.1. The van der Waals surface area contributed by atoms with Crippen molar-refractivity contribution in [3.05, 3.63) is 0 Å². The molecule has 0 bridgehead atoms. The van der Waals surface area contributed by atoms with Gasteiger partial charge in [-0.25, -0.2) is 4.79 Å². The summed E-state index contributed by atoms with van der Waals surface area (Å²) in [5, 5.41) is 61.5. The largest absolute Gasteiger partial charge is 0.480 e. The second-order valence-electron chi connectivity index (χ2n) is 11.6. The lowest BCUT2D eigenvalue weighted by Gasteiger charge is -2.40. The highest BCUT2D eigenvalue weighted by Gasteiger charge is 2.39. The van der Waals surface area contributed by atoms with Crippen LogP contribution in [0.1, 0.15) is 60.8 Å². The van der Waals surface area contributed by atoms with E-state index in [2.05, 4.69) is 24.5 Å². The topological polar surface area (TPSA) is 256 Å². The minimum atomic E-state index is -1.62. The summed E-state index contributed by atoms with van der Waals surface area (Å²) in [5.74, 6) is -4.01. The molecule has 0 saturated carbocycles. The van der Waals surface area contributed by atoms with Crippen LogP contribution in [0.3, 0.4) is 0 Å². The molecule has 17 nitrogen and oxygen atoms in total. The number of hydrogen-bond donors (Lipinski definition) is 8. The third-order valence-electron chi connectivity index (χ3n) is 7.68. The number of carbonyl (C=O) groups is 5. The third-order valence-corrected chi connectivity index (χ3v) is 7.68. The van der Waals surface area contributed by atoms with Gasteiger partial charge in [-0.1, -0.05) is 21.3 Å². The molecule has 0 aromatic rings. The number of esters is 2. The van der Waals surface area contributed by atoms with Crippen molar-refractivity contribution >= 4 is 29.8 Å². The van der Waals surface area contributed by atoms with Crippen molar-refractivity contribution in [2.45, 2.75) is 103 Å². The molecule has 274 valence electrons. The number of aliphatic hydroxyl groups is 3. The van der Waals surface area contributed by atoms with Crippen LogP contribution in [0.25, 0.3) is 0 Å². The molecule has 0 aliphatic carbocycles. The van der Waals surface area contributed by atoms with Gasteiger partial charge in [0, 0.05) is 26.2 Å². The number of hydrogen-bond acceptors (Lipinski definition) is 14. The number of ether oxygens (including phenoxy) is 2. The van der Waals surface area contributed by atoms with Gasteiger partial charge in [0.15, 0.2) is 6.10 Å². The zero-order chi connectivity index (χ0) is 35.0. The Hall–Kier alpha value is -2.93. The van der Waals surface area contributed by atoms with Crippen LogP contribution in [-0.2, 0) is 33.4 Å². The average Bonchev–Trinajstić information content (AvgIpc) is 2.93. The standard InChI is InChI=1S/C17H32N2O5.C12H20N2O8.CH4/c1-5-23-16(21)13-8-10-19(13)11-14(20)15(17(22)24-6-2)18-9-7-12(3)4;15-7(11(19)20)1-3-13-9(12(21)22)8(16)5-14-4-2-6(14)10(17)18;/h12-15,18,20H,5-11H2,1-4H3;6-9,13,15-16H,1-5H2,(H,17,18)(H,19,20)(H,21,22);1H4/t13-,14?,15-;6-,7-,8?,9-;/m00./s1. The maximum atomic E-state index is 12.1. The monoisotopic (exact) mass is 680 g/mol. The maximum Gasteiger partial charge on any atom is 0.332 e. The van der Waals surface area contributed by atoms with Crippen molar-refractivity contribution in [2.75, 3.05) is 52.5 Å². The van der Waals surface area contributed by atoms with Crippen LogP contribution in [0.15, 0.2) is 0 Å². The van der Waals surface area contributed by atoms with Gasteiger partial charge in [-0.05, 0) is 58.5 Å². The van der Waals surface area contributed by atoms with Crippen LogP contribution < -0.4 is 10.6 Å². The number of nitrogens with one attached hydrogen (secondary N) is 2. The molecule has 2 unspecified atom stereocenters. The normalized spacial score (nSPS) is 20.9. The summed E-state index contributed by atoms with van der Waals surface area (Å²) in [6.07, 6.45) is -2.07. The van der Waals surface area contributed by atoms with E-state index in [1.165, 1.54) is 4.90 Å². The van der Waals surface area contributed by atoms with Crippen LogP contribution in [0.4, 0.5) is 0 Å². The minimum Gasteiger partial charge on any atom is -0.480 e. The number of carboxylic acids is 3. The number of aliphatic hydroxyl groups excluding tert-OH is 3. The summed E-state index contributed by atoms with van der Waals surface area (Å²) in [6, 6.07) is -3.21. The summed E-state index contributed by atoms with van der Waals surface area (Å²) in [7, 11) is 0. The predicted molar refractivity (Wildman–Crippen MR) is 169 cm³/mol. The van der Waals surface area contributed by atoms with E-state index in [0.717, 1.165) is 12.8 Å². The Morgan fingerprint density at radius 3 is 1.66 bits per heavy atom. The molecule has 2 fully saturated rings. The summed E-state index contributed by atoms with van der Waals surface area (Å²) < 4.78 is 10.1. The van der Waals surface area contributed by atoms with Crippen molar-refractivity contribution < 1.29 is 64.1 Å². The van der Waals surface area contributed by atoms with Gasteiger partial charge in [0.05, 0.1) is 25.4 Å². The first-order valence-electron chi connectivity index (χ1n) is 15.6. The van der Waals surface area contributed by atoms with Crippen LogP contribution >= 0.6 is 0 Å². The number of β-amino-alcohol motifs (C(OH)–C–C–N with tert-alkyl or cyclic N) is 2. The van der Waals surface area contributed by atoms with Gasteiger partial charge in [0.2, 0.25) is 0 Å². The maximum absolute atomic E-state index is 12.1. The molecule has 2 aliphatic heterocycles. The van der Waals surface area contributed by atoms with Gasteiger partial charge in [-0.15, -0.1) is 0 Å². The zero-order valence-electron chi connectivity index (χ0n) is 27.0. The highest BCUT2D eigenvalue weighted by atomic mass is 16.5. The number of likely N-dealkylation sites (tertiary alicyclic amines) is 2. The van der Waals surface area contributed by atoms with E-state index in [1.54, 1.807) is 13.8 Å². The highest BCUT2D eigenvalue weighted by molar-refractivity contribution is 5.78. The third kappa shape index (κ3) is 15.2. The molecule has 2 rings (SSSR count). The Balaban J connectivity index is 0.000000885. The van der Waals surface area contributed by atoms with Crippen LogP contribution in [0.2, 0.25) is 0 Å². The first kappa shape index (κ1) is 44.1. The second kappa shape index (κ2) is 22.6. The lowest BCUT2D eigenvalue weighted by Crippen LogP contribution is -2.59. The zero-order valence-corrected chi connectivity index (χ0v) is 27.0. The Labute approximate surface area is 276 Å². The molecule has 17 heteroatoms. The fourth-order valence-corrected chi connectivity index (χ4v) is 4.82. The smallest absolute Gasteiger partial charge is 0.332 e. The predicted octanol–water partition coefficient (Wildman–Crippen LogP) is -1.43. The first-order chi connectivity index (χ1) is 21.6. The van der Waals surface area contributed by atoms with Crippen molar-refractivity contribution in [3.8, 4) is 0 Å². The number of carboxylic acid groups (broad SMARTS) is 3. The number of rotatable bonds is 21. The molecule has 2 aliphatic rings. The molecule has 0 radical (unpaired) electrons. The lowest BCUT2D eigenvalue weighted by atomic mass is 10.0. The summed E-state index contributed by atoms with van der Waals surface area (Å²) in [4.78, 5) is 59.6. The lowest BCUT2D eigenvalue weighted by molar-refractivity contribution is -0.157. The molecule has 0 amide bonds. The fraction of sp³-hybridized carbons (Fsp3) is 0.833. The highest BCUT2D eigenvalue weighted by Crippen LogP contribution is 2.20. The van der Waals surface area contributed by atoms with E-state index >= 15 is 0 Å². The van der Waals surface area contributed by atoms with Crippen LogP contribution in [0.5, 0.6) is 0 Å². The quantitative estimate of drug-likeness (QED) is 0.0647. The molecule has 47 heavy (non-hydrogen) atoms. The summed E-state index contributed by atoms with van der Waals surface area (Å²) in [5.41, 5.74) is 0. The fourth-order valence-electron chi connectivity index (χ4n) is 4.82. The van der Waals surface area contributed by atoms with E-state index < -0.39 is 60.3 Å². The van der Waals surface area contributed by atoms with E-state index in [4.69, 9.17) is 29.9 Å². The Morgan fingerprint density at radius 1 is 0.745 bits per heavy atom. The van der Waals surface area contributed by atoms with Gasteiger partial charge in [0.25, 0.3) is 0 Å². The van der Waals surface area contributed by atoms with Crippen molar-refractivity contribution in [1.29, 1.82) is 0 Å². The second-order valence-corrected chi connectivity index (χ2v) is 11.6. The molecular weight excluding hydrogens is 624 g/mol. The van der Waals surface area contributed by atoms with Gasteiger partial charge in [0.1, 0.15) is 24.2 Å².